The minimum absolute atomic E-state index is 0. The van der Waals surface area contributed by atoms with Gasteiger partial charge in [-0.1, -0.05) is 6.42 Å². The van der Waals surface area contributed by atoms with Crippen LogP contribution in [0.3, 0.4) is 0 Å². The van der Waals surface area contributed by atoms with E-state index >= 15 is 0 Å². The van der Waals surface area contributed by atoms with Gasteiger partial charge < -0.3 is 5.32 Å². The zero-order valence-electron chi connectivity index (χ0n) is 10.9. The van der Waals surface area contributed by atoms with Gasteiger partial charge in [0.1, 0.15) is 0 Å². The van der Waals surface area contributed by atoms with Crippen molar-refractivity contribution in [3.05, 3.63) is 0 Å². The first-order valence-electron chi connectivity index (χ1n) is 6.59. The van der Waals surface area contributed by atoms with Gasteiger partial charge in [0.15, 0.2) is 0 Å². The molecule has 5 nitrogen and oxygen atoms in total. The third-order valence-corrected chi connectivity index (χ3v) is 5.50. The third-order valence-electron chi connectivity index (χ3n) is 3.71. The Labute approximate surface area is 116 Å². The molecule has 1 atom stereocenters. The first kappa shape index (κ1) is 16.2. The standard InChI is InChI=1S/C11H23N3O2S.ClH/c1-10-4-2-3-9-14(10)17(15,16)13-11-5-7-12-8-6-11;/h10-13H,2-9H2,1H3;1H. The molecule has 0 aromatic heterocycles. The van der Waals surface area contributed by atoms with Crippen molar-refractivity contribution in [1.29, 1.82) is 0 Å². The highest BCUT2D eigenvalue weighted by Gasteiger charge is 2.31. The lowest BCUT2D eigenvalue weighted by atomic mass is 10.1. The van der Waals surface area contributed by atoms with Crippen LogP contribution in [0.1, 0.15) is 39.0 Å². The molecular formula is C11H24ClN3O2S. The molecule has 2 fully saturated rings. The summed E-state index contributed by atoms with van der Waals surface area (Å²) >= 11 is 0. The Kier molecular flexibility index (Phi) is 6.34. The predicted octanol–water partition coefficient (Wildman–Crippen LogP) is 0.869. The Hall–Kier alpha value is 0.120. The van der Waals surface area contributed by atoms with Crippen molar-refractivity contribution in [1.82, 2.24) is 14.3 Å². The SMILES string of the molecule is CC1CCCCN1S(=O)(=O)NC1CCNCC1.Cl. The van der Waals surface area contributed by atoms with Gasteiger partial charge >= 0.3 is 0 Å². The van der Waals surface area contributed by atoms with Gasteiger partial charge in [0.2, 0.25) is 0 Å². The minimum Gasteiger partial charge on any atom is -0.317 e. The molecule has 2 aliphatic heterocycles. The van der Waals surface area contributed by atoms with Crippen LogP contribution in [0.25, 0.3) is 0 Å². The number of nitrogens with zero attached hydrogens (tertiary/aromatic N) is 1. The van der Waals surface area contributed by atoms with E-state index in [1.54, 1.807) is 4.31 Å². The summed E-state index contributed by atoms with van der Waals surface area (Å²) in [6.45, 7) is 4.48. The van der Waals surface area contributed by atoms with E-state index in [-0.39, 0.29) is 24.5 Å². The Morgan fingerprint density at radius 3 is 2.44 bits per heavy atom. The van der Waals surface area contributed by atoms with E-state index in [4.69, 9.17) is 0 Å². The number of halogens is 1. The van der Waals surface area contributed by atoms with Crippen LogP contribution >= 0.6 is 12.4 Å². The lowest BCUT2D eigenvalue weighted by molar-refractivity contribution is 0.261. The Bertz CT molecular complexity index is 344. The van der Waals surface area contributed by atoms with Gasteiger partial charge in [0.05, 0.1) is 0 Å². The molecule has 0 saturated carbocycles. The number of nitrogens with one attached hydrogen (secondary N) is 2. The molecule has 0 aromatic carbocycles. The van der Waals surface area contributed by atoms with Crippen LogP contribution in [0.2, 0.25) is 0 Å². The lowest BCUT2D eigenvalue weighted by Gasteiger charge is -2.34. The van der Waals surface area contributed by atoms with E-state index in [0.717, 1.165) is 45.2 Å². The highest BCUT2D eigenvalue weighted by Crippen LogP contribution is 2.19. The molecule has 2 saturated heterocycles. The lowest BCUT2D eigenvalue weighted by Crippen LogP contribution is -2.52. The summed E-state index contributed by atoms with van der Waals surface area (Å²) in [5.74, 6) is 0. The van der Waals surface area contributed by atoms with Crippen LogP contribution < -0.4 is 10.0 Å². The molecule has 1 unspecified atom stereocenters. The van der Waals surface area contributed by atoms with Gasteiger partial charge in [-0.3, -0.25) is 0 Å². The van der Waals surface area contributed by atoms with Crippen LogP contribution in [0.5, 0.6) is 0 Å². The van der Waals surface area contributed by atoms with Crippen molar-refractivity contribution in [2.24, 2.45) is 0 Å². The van der Waals surface area contributed by atoms with Crippen LogP contribution in [0, 0.1) is 0 Å². The van der Waals surface area contributed by atoms with E-state index in [0.29, 0.717) is 6.54 Å². The van der Waals surface area contributed by atoms with E-state index in [1.165, 1.54) is 0 Å². The maximum absolute atomic E-state index is 12.3. The van der Waals surface area contributed by atoms with Crippen LogP contribution in [-0.4, -0.2) is 44.4 Å². The third kappa shape index (κ3) is 4.06. The normalized spacial score (nSPS) is 27.7. The first-order valence-corrected chi connectivity index (χ1v) is 8.03. The van der Waals surface area contributed by atoms with Crippen molar-refractivity contribution in [3.63, 3.8) is 0 Å². The number of hydrogen-bond donors (Lipinski definition) is 2. The molecule has 0 amide bonds. The van der Waals surface area contributed by atoms with Gasteiger partial charge in [0, 0.05) is 18.6 Å². The predicted molar refractivity (Wildman–Crippen MR) is 75.2 cm³/mol. The molecule has 2 N–H and O–H groups in total. The molecule has 2 rings (SSSR count). The molecule has 0 aliphatic carbocycles. The van der Waals surface area contributed by atoms with Gasteiger partial charge in [0.25, 0.3) is 10.2 Å². The van der Waals surface area contributed by atoms with Crippen molar-refractivity contribution in [3.8, 4) is 0 Å². The molecule has 0 radical (unpaired) electrons. The monoisotopic (exact) mass is 297 g/mol. The molecular weight excluding hydrogens is 274 g/mol. The first-order chi connectivity index (χ1) is 8.09. The molecule has 0 spiro atoms. The fourth-order valence-electron chi connectivity index (χ4n) is 2.65. The van der Waals surface area contributed by atoms with Crippen LogP contribution in [-0.2, 0) is 10.2 Å². The van der Waals surface area contributed by atoms with E-state index in [1.807, 2.05) is 6.92 Å². The number of hydrogen-bond acceptors (Lipinski definition) is 3. The van der Waals surface area contributed by atoms with Gasteiger partial charge in [-0.25, -0.2) is 0 Å². The second-order valence-electron chi connectivity index (χ2n) is 5.10. The largest absolute Gasteiger partial charge is 0.317 e. The quantitative estimate of drug-likeness (QED) is 0.812. The number of piperidine rings is 2. The second-order valence-corrected chi connectivity index (χ2v) is 6.76. The van der Waals surface area contributed by atoms with E-state index in [2.05, 4.69) is 10.0 Å². The fraction of sp³-hybridized carbons (Fsp3) is 1.00. The summed E-state index contributed by atoms with van der Waals surface area (Å²) in [5, 5.41) is 3.24. The van der Waals surface area contributed by atoms with Gasteiger partial charge in [-0.15, -0.1) is 12.4 Å². The fourth-order valence-corrected chi connectivity index (χ4v) is 4.39. The van der Waals surface area contributed by atoms with Crippen molar-refractivity contribution >= 4 is 22.6 Å². The highest BCUT2D eigenvalue weighted by molar-refractivity contribution is 7.87. The molecule has 0 bridgehead atoms. The molecule has 108 valence electrons. The minimum atomic E-state index is -3.28. The zero-order chi connectivity index (χ0) is 12.3. The summed E-state index contributed by atoms with van der Waals surface area (Å²) in [7, 11) is -3.28. The Morgan fingerprint density at radius 2 is 1.83 bits per heavy atom. The van der Waals surface area contributed by atoms with Crippen LogP contribution in [0.4, 0.5) is 0 Å². The summed E-state index contributed by atoms with van der Waals surface area (Å²) in [4.78, 5) is 0. The highest BCUT2D eigenvalue weighted by atomic mass is 35.5. The van der Waals surface area contributed by atoms with Gasteiger partial charge in [-0.2, -0.15) is 17.4 Å². The summed E-state index contributed by atoms with van der Waals surface area (Å²) in [6.07, 6.45) is 4.88. The summed E-state index contributed by atoms with van der Waals surface area (Å²) in [6, 6.07) is 0.248. The van der Waals surface area contributed by atoms with Crippen molar-refractivity contribution < 1.29 is 8.42 Å². The molecule has 2 aliphatic rings. The van der Waals surface area contributed by atoms with Crippen molar-refractivity contribution in [2.75, 3.05) is 19.6 Å². The van der Waals surface area contributed by atoms with E-state index < -0.39 is 10.2 Å². The van der Waals surface area contributed by atoms with E-state index in [9.17, 15) is 8.42 Å². The summed E-state index contributed by atoms with van der Waals surface area (Å²) < 4.78 is 29.0. The maximum Gasteiger partial charge on any atom is 0.279 e. The van der Waals surface area contributed by atoms with Crippen molar-refractivity contribution in [2.45, 2.75) is 51.1 Å². The average Bonchev–Trinajstić information content (AvgIpc) is 2.30. The smallest absolute Gasteiger partial charge is 0.279 e. The molecule has 18 heavy (non-hydrogen) atoms. The zero-order valence-corrected chi connectivity index (χ0v) is 12.5. The molecule has 2 heterocycles. The Morgan fingerprint density at radius 1 is 1.17 bits per heavy atom. The van der Waals surface area contributed by atoms with Crippen LogP contribution in [0.15, 0.2) is 0 Å². The Balaban J connectivity index is 0.00000162. The van der Waals surface area contributed by atoms with Gasteiger partial charge in [-0.05, 0) is 45.7 Å². The maximum atomic E-state index is 12.3. The summed E-state index contributed by atoms with van der Waals surface area (Å²) in [5.41, 5.74) is 0. The molecule has 7 heteroatoms. The topological polar surface area (TPSA) is 61.4 Å². The number of rotatable bonds is 3. The average molecular weight is 298 g/mol. The second kappa shape index (κ2) is 7.05. The molecule has 0 aromatic rings.